The van der Waals surface area contributed by atoms with Crippen molar-refractivity contribution >= 4 is 57.2 Å². The van der Waals surface area contributed by atoms with Crippen molar-refractivity contribution in [2.45, 2.75) is 24.7 Å². The van der Waals surface area contributed by atoms with Gasteiger partial charge >= 0.3 is 0 Å². The summed E-state index contributed by atoms with van der Waals surface area (Å²) in [6, 6.07) is 8.69. The fourth-order valence-corrected chi connectivity index (χ4v) is 4.57. The number of thiophene rings is 1. The smallest absolute Gasteiger partial charge is 0.235 e. The Labute approximate surface area is 197 Å². The van der Waals surface area contributed by atoms with Crippen molar-refractivity contribution in [3.05, 3.63) is 63.7 Å². The summed E-state index contributed by atoms with van der Waals surface area (Å²) in [4.78, 5) is 12.3. The predicted molar refractivity (Wildman–Crippen MR) is 124 cm³/mol. The van der Waals surface area contributed by atoms with Crippen molar-refractivity contribution in [2.24, 2.45) is 0 Å². The number of halogens is 2. The van der Waals surface area contributed by atoms with Crippen LogP contribution >= 0.6 is 46.3 Å². The van der Waals surface area contributed by atoms with Gasteiger partial charge in [0.05, 0.1) is 16.3 Å². The summed E-state index contributed by atoms with van der Waals surface area (Å²) in [6.07, 6.45) is 1.25. The van der Waals surface area contributed by atoms with E-state index in [1.807, 2.05) is 17.6 Å². The molecule has 0 aliphatic rings. The summed E-state index contributed by atoms with van der Waals surface area (Å²) < 4.78 is 7.77. The second-order valence-corrected chi connectivity index (χ2v) is 8.89. The van der Waals surface area contributed by atoms with Crippen LogP contribution < -0.4 is 10.1 Å². The first-order chi connectivity index (χ1) is 14.9. The minimum absolute atomic E-state index is 0.107. The number of benzene rings is 1. The maximum Gasteiger partial charge on any atom is 0.235 e. The van der Waals surface area contributed by atoms with Crippen LogP contribution in [-0.2, 0) is 11.3 Å². The quantitative estimate of drug-likeness (QED) is 0.309. The summed E-state index contributed by atoms with van der Waals surface area (Å²) in [5, 5.41) is 24.0. The highest BCUT2D eigenvalue weighted by Gasteiger charge is 2.21. The van der Waals surface area contributed by atoms with E-state index in [0.717, 1.165) is 0 Å². The van der Waals surface area contributed by atoms with E-state index in [1.54, 1.807) is 35.7 Å². The molecule has 1 N–H and O–H groups in total. The normalized spacial score (nSPS) is 11.5. The van der Waals surface area contributed by atoms with E-state index in [1.165, 1.54) is 23.1 Å². The van der Waals surface area contributed by atoms with Crippen molar-refractivity contribution in [3.63, 3.8) is 0 Å². The van der Waals surface area contributed by atoms with Crippen molar-refractivity contribution < 1.29 is 9.53 Å². The third kappa shape index (κ3) is 5.80. The van der Waals surface area contributed by atoms with E-state index in [0.29, 0.717) is 43.9 Å². The number of nitrogens with zero attached hydrogens (tertiary/aromatic N) is 4. The molecule has 0 bridgehead atoms. The standard InChI is InChI=1S/C20H17Cl2N5O2S2/c1-3-7-27-18(12(2)29-16-5-4-14(21)9-15(16)22)25-26-20(27)31-11-17(28)24-19-13(10-23)6-8-30-19/h3-6,8-9,12H,1,7,11H2,2H3,(H,24,28). The van der Waals surface area contributed by atoms with Crippen LogP contribution in [0.3, 0.4) is 0 Å². The molecule has 0 spiro atoms. The molecule has 0 saturated heterocycles. The van der Waals surface area contributed by atoms with Gasteiger partial charge in [-0.1, -0.05) is 41.0 Å². The largest absolute Gasteiger partial charge is 0.481 e. The van der Waals surface area contributed by atoms with Crippen molar-refractivity contribution in [3.8, 4) is 11.8 Å². The van der Waals surface area contributed by atoms with Gasteiger partial charge in [0, 0.05) is 11.6 Å². The number of carbonyl (C=O) groups is 1. The van der Waals surface area contributed by atoms with Gasteiger partial charge in [-0.15, -0.1) is 28.1 Å². The average Bonchev–Trinajstić information content (AvgIpc) is 3.35. The Bertz CT molecular complexity index is 1140. The number of nitriles is 1. The monoisotopic (exact) mass is 493 g/mol. The second-order valence-electron chi connectivity index (χ2n) is 6.19. The van der Waals surface area contributed by atoms with Gasteiger partial charge in [-0.2, -0.15) is 5.26 Å². The van der Waals surface area contributed by atoms with Crippen LogP contribution in [0.4, 0.5) is 5.00 Å². The molecule has 1 amide bonds. The number of hydrogen-bond acceptors (Lipinski definition) is 7. The Morgan fingerprint density at radius 1 is 1.45 bits per heavy atom. The molecule has 0 aliphatic carbocycles. The Morgan fingerprint density at radius 2 is 2.26 bits per heavy atom. The van der Waals surface area contributed by atoms with E-state index < -0.39 is 6.10 Å². The molecule has 2 heterocycles. The molecule has 160 valence electrons. The van der Waals surface area contributed by atoms with Crippen LogP contribution in [0.1, 0.15) is 24.4 Å². The third-order valence-electron chi connectivity index (χ3n) is 3.99. The molecule has 0 aliphatic heterocycles. The summed E-state index contributed by atoms with van der Waals surface area (Å²) in [7, 11) is 0. The molecule has 3 rings (SSSR count). The zero-order valence-electron chi connectivity index (χ0n) is 16.3. The maximum atomic E-state index is 12.3. The average molecular weight is 494 g/mol. The van der Waals surface area contributed by atoms with Crippen LogP contribution in [0.25, 0.3) is 0 Å². The summed E-state index contributed by atoms with van der Waals surface area (Å²) >= 11 is 14.7. The fraction of sp³-hybridized carbons (Fsp3) is 0.200. The van der Waals surface area contributed by atoms with Crippen LogP contribution in [0.15, 0.2) is 47.5 Å². The summed E-state index contributed by atoms with van der Waals surface area (Å²) in [6.45, 7) is 6.05. The Morgan fingerprint density at radius 3 is 2.97 bits per heavy atom. The third-order valence-corrected chi connectivity index (χ3v) is 6.32. The highest BCUT2D eigenvalue weighted by Crippen LogP contribution is 2.32. The van der Waals surface area contributed by atoms with Gasteiger partial charge in [-0.3, -0.25) is 9.36 Å². The molecule has 31 heavy (non-hydrogen) atoms. The van der Waals surface area contributed by atoms with E-state index >= 15 is 0 Å². The molecule has 0 fully saturated rings. The topological polar surface area (TPSA) is 92.8 Å². The van der Waals surface area contributed by atoms with Gasteiger partial charge in [0.25, 0.3) is 0 Å². The lowest BCUT2D eigenvalue weighted by Crippen LogP contribution is -2.15. The summed E-state index contributed by atoms with van der Waals surface area (Å²) in [5.41, 5.74) is 0.437. The van der Waals surface area contributed by atoms with E-state index in [9.17, 15) is 4.79 Å². The number of nitrogens with one attached hydrogen (secondary N) is 1. The van der Waals surface area contributed by atoms with Crippen molar-refractivity contribution in [2.75, 3.05) is 11.1 Å². The number of ether oxygens (including phenoxy) is 1. The second kappa shape index (κ2) is 10.7. The van der Waals surface area contributed by atoms with Crippen LogP contribution in [0.2, 0.25) is 10.0 Å². The number of hydrogen-bond donors (Lipinski definition) is 1. The number of thioether (sulfide) groups is 1. The molecule has 0 saturated carbocycles. The minimum Gasteiger partial charge on any atom is -0.481 e. The van der Waals surface area contributed by atoms with Crippen LogP contribution in [0, 0.1) is 11.3 Å². The SMILES string of the molecule is C=CCn1c(SCC(=O)Nc2sccc2C#N)nnc1C(C)Oc1ccc(Cl)cc1Cl. The summed E-state index contributed by atoms with van der Waals surface area (Å²) in [5.74, 6) is 0.912. The molecule has 3 aromatic rings. The predicted octanol–water partition coefficient (Wildman–Crippen LogP) is 5.57. The lowest BCUT2D eigenvalue weighted by atomic mass is 10.3. The molecular weight excluding hydrogens is 477 g/mol. The van der Waals surface area contributed by atoms with Gasteiger partial charge in [-0.05, 0) is 36.6 Å². The Hall–Kier alpha value is -2.51. The lowest BCUT2D eigenvalue weighted by molar-refractivity contribution is -0.113. The van der Waals surface area contributed by atoms with Crippen molar-refractivity contribution in [1.29, 1.82) is 5.26 Å². The Balaban J connectivity index is 1.70. The first-order valence-electron chi connectivity index (χ1n) is 8.98. The number of carbonyl (C=O) groups excluding carboxylic acids is 1. The number of allylic oxidation sites excluding steroid dienone is 1. The minimum atomic E-state index is -0.460. The maximum absolute atomic E-state index is 12.3. The zero-order chi connectivity index (χ0) is 22.4. The molecule has 7 nitrogen and oxygen atoms in total. The van der Waals surface area contributed by atoms with Gasteiger partial charge in [0.15, 0.2) is 17.1 Å². The van der Waals surface area contributed by atoms with Crippen LogP contribution in [-0.4, -0.2) is 26.4 Å². The molecule has 1 unspecified atom stereocenters. The molecule has 11 heteroatoms. The zero-order valence-corrected chi connectivity index (χ0v) is 19.5. The van der Waals surface area contributed by atoms with Gasteiger partial charge in [0.2, 0.25) is 5.91 Å². The number of anilines is 1. The van der Waals surface area contributed by atoms with Gasteiger partial charge in [0.1, 0.15) is 16.8 Å². The van der Waals surface area contributed by atoms with Crippen LogP contribution in [0.5, 0.6) is 5.75 Å². The first-order valence-corrected chi connectivity index (χ1v) is 11.6. The van der Waals surface area contributed by atoms with E-state index in [2.05, 4.69) is 22.1 Å². The highest BCUT2D eigenvalue weighted by molar-refractivity contribution is 7.99. The number of amides is 1. The number of rotatable bonds is 9. The molecule has 2 aromatic heterocycles. The van der Waals surface area contributed by atoms with Crippen molar-refractivity contribution in [1.82, 2.24) is 14.8 Å². The lowest BCUT2D eigenvalue weighted by Gasteiger charge is -2.16. The van der Waals surface area contributed by atoms with Gasteiger partial charge < -0.3 is 10.1 Å². The first kappa shape index (κ1) is 23.2. The molecule has 1 atom stereocenters. The van der Waals surface area contributed by atoms with Gasteiger partial charge in [-0.25, -0.2) is 0 Å². The highest BCUT2D eigenvalue weighted by atomic mass is 35.5. The molecule has 0 radical (unpaired) electrons. The number of aromatic nitrogens is 3. The van der Waals surface area contributed by atoms with E-state index in [4.69, 9.17) is 33.2 Å². The van der Waals surface area contributed by atoms with E-state index in [-0.39, 0.29) is 11.7 Å². The molecule has 1 aromatic carbocycles. The molecular formula is C20H17Cl2N5O2S2. The fourth-order valence-electron chi connectivity index (χ4n) is 2.61. The Kier molecular flexibility index (Phi) is 7.98.